The Kier molecular flexibility index (Phi) is 14.0. The molecule has 5 atom stereocenters. The Bertz CT molecular complexity index is 2040. The van der Waals surface area contributed by atoms with Crippen molar-refractivity contribution in [2.75, 3.05) is 13.2 Å². The van der Waals surface area contributed by atoms with Gasteiger partial charge in [0.1, 0.15) is 24.1 Å². The van der Waals surface area contributed by atoms with E-state index in [1.165, 1.54) is 11.8 Å². The fraction of sp³-hybridized carbons (Fsp3) is 0.271. The zero-order chi connectivity index (χ0) is 38.4. The number of thioether (sulfide) groups is 1. The van der Waals surface area contributed by atoms with Crippen molar-refractivity contribution >= 4 is 11.8 Å². The van der Waals surface area contributed by atoms with Crippen LogP contribution in [0.15, 0.2) is 164 Å². The van der Waals surface area contributed by atoms with Crippen LogP contribution in [0.4, 0.5) is 0 Å². The van der Waals surface area contributed by atoms with Crippen molar-refractivity contribution < 1.29 is 28.8 Å². The Balaban J connectivity index is 1.26. The molecule has 0 aliphatic carbocycles. The van der Waals surface area contributed by atoms with Crippen molar-refractivity contribution in [2.24, 2.45) is 0 Å². The van der Waals surface area contributed by atoms with E-state index in [4.69, 9.17) is 23.7 Å². The molecular formula is C48H49NO6S. The van der Waals surface area contributed by atoms with Gasteiger partial charge in [0.25, 0.3) is 0 Å². The summed E-state index contributed by atoms with van der Waals surface area (Å²) in [5.74, 6) is 0.834. The second kappa shape index (κ2) is 19.9. The van der Waals surface area contributed by atoms with E-state index in [0.29, 0.717) is 45.0 Å². The molecule has 1 N–H and O–H groups in total. The molecule has 8 heteroatoms. The van der Waals surface area contributed by atoms with Crippen LogP contribution in [0, 0.1) is 0 Å². The number of hydrogen-bond donors (Lipinski definition) is 1. The highest BCUT2D eigenvalue weighted by Crippen LogP contribution is 2.50. The van der Waals surface area contributed by atoms with E-state index in [9.17, 15) is 5.11 Å². The van der Waals surface area contributed by atoms with Gasteiger partial charge in [-0.05, 0) is 64.9 Å². The largest absolute Gasteiger partial charge is 0.494 e. The number of ether oxygens (including phenoxy) is 5. The van der Waals surface area contributed by atoms with E-state index in [1.807, 2.05) is 128 Å². The van der Waals surface area contributed by atoms with Crippen LogP contribution in [0.3, 0.4) is 0 Å². The number of aromatic nitrogens is 1. The van der Waals surface area contributed by atoms with Gasteiger partial charge in [-0.2, -0.15) is 0 Å². The van der Waals surface area contributed by atoms with Crippen molar-refractivity contribution in [3.05, 3.63) is 203 Å². The fourth-order valence-electron chi connectivity index (χ4n) is 6.97. The van der Waals surface area contributed by atoms with E-state index in [0.717, 1.165) is 39.1 Å². The summed E-state index contributed by atoms with van der Waals surface area (Å²) >= 11 is 1.40. The molecule has 56 heavy (non-hydrogen) atoms. The van der Waals surface area contributed by atoms with E-state index in [1.54, 1.807) is 6.20 Å². The SMILES string of the molecule is CCOc1ccc(Cc2cncc(C3(O)S[C@H](COCc4ccccc4)[C@@H](OCc4ccccc4)[C@H](OCc4ccccc4)[C@H]3OCc3ccccc3)c2)cc1. The van der Waals surface area contributed by atoms with Crippen LogP contribution in [-0.2, 0) is 56.7 Å². The van der Waals surface area contributed by atoms with Gasteiger partial charge in [0, 0.05) is 18.0 Å². The molecule has 1 aliphatic heterocycles. The lowest BCUT2D eigenvalue weighted by atomic mass is 9.92. The van der Waals surface area contributed by atoms with E-state index in [2.05, 4.69) is 41.4 Å². The maximum atomic E-state index is 13.3. The standard InChI is InChI=1S/C48H49NO6S/c1-2-52-43-25-23-36(24-26-43)27-41-28-42(30-49-29-41)48(50)47(55-34-40-21-13-6-14-22-40)46(54-33-39-19-11-5-12-20-39)45(53-32-38-17-9-4-10-18-38)44(56-48)35-51-31-37-15-7-3-8-16-37/h3-26,28-30,44-47,50H,2,27,31-35H2,1H3/t44-,45-,46+,47-,48?/m1/s1. The minimum Gasteiger partial charge on any atom is -0.494 e. The summed E-state index contributed by atoms with van der Waals surface area (Å²) in [4.78, 5) is 3.09. The Morgan fingerprint density at radius 3 is 1.64 bits per heavy atom. The predicted molar refractivity (Wildman–Crippen MR) is 221 cm³/mol. The molecule has 0 bridgehead atoms. The molecule has 1 fully saturated rings. The van der Waals surface area contributed by atoms with Crippen LogP contribution in [0.1, 0.15) is 45.9 Å². The molecule has 2 heterocycles. The molecule has 0 saturated carbocycles. The molecule has 5 aromatic carbocycles. The van der Waals surface area contributed by atoms with Gasteiger partial charge in [-0.3, -0.25) is 4.98 Å². The molecule has 1 aliphatic rings. The number of pyridine rings is 1. The first-order chi connectivity index (χ1) is 27.6. The first-order valence-corrected chi connectivity index (χ1v) is 20.1. The van der Waals surface area contributed by atoms with Gasteiger partial charge in [0.2, 0.25) is 0 Å². The monoisotopic (exact) mass is 767 g/mol. The summed E-state index contributed by atoms with van der Waals surface area (Å²) in [7, 11) is 0. The minimum atomic E-state index is -1.59. The zero-order valence-electron chi connectivity index (χ0n) is 31.7. The highest BCUT2D eigenvalue weighted by atomic mass is 32.2. The Hall–Kier alpha value is -4.80. The van der Waals surface area contributed by atoms with E-state index in [-0.39, 0.29) is 11.9 Å². The summed E-state index contributed by atoms with van der Waals surface area (Å²) in [6.45, 7) is 4.24. The molecular weight excluding hydrogens is 719 g/mol. The Labute approximate surface area is 334 Å². The second-order valence-corrected chi connectivity index (χ2v) is 15.4. The van der Waals surface area contributed by atoms with Crippen LogP contribution in [-0.4, -0.2) is 46.9 Å². The van der Waals surface area contributed by atoms with Gasteiger partial charge in [0.15, 0.2) is 4.93 Å². The average molecular weight is 768 g/mol. The molecule has 0 spiro atoms. The average Bonchev–Trinajstić information content (AvgIpc) is 3.24. The van der Waals surface area contributed by atoms with Crippen LogP contribution in [0.25, 0.3) is 0 Å². The minimum absolute atomic E-state index is 0.263. The first-order valence-electron chi connectivity index (χ1n) is 19.2. The van der Waals surface area contributed by atoms with Gasteiger partial charge in [-0.1, -0.05) is 133 Å². The lowest BCUT2D eigenvalue weighted by molar-refractivity contribution is -0.199. The maximum absolute atomic E-state index is 13.3. The molecule has 0 radical (unpaired) electrons. The lowest BCUT2D eigenvalue weighted by Gasteiger charge is -2.50. The van der Waals surface area contributed by atoms with Crippen molar-refractivity contribution in [3.8, 4) is 5.75 Å². The van der Waals surface area contributed by atoms with Crippen molar-refractivity contribution in [1.82, 2.24) is 4.98 Å². The molecule has 288 valence electrons. The van der Waals surface area contributed by atoms with Crippen molar-refractivity contribution in [2.45, 2.75) is 68.3 Å². The van der Waals surface area contributed by atoms with Gasteiger partial charge in [0.05, 0.1) is 44.9 Å². The van der Waals surface area contributed by atoms with Crippen LogP contribution in [0.2, 0.25) is 0 Å². The van der Waals surface area contributed by atoms with Crippen LogP contribution in [0.5, 0.6) is 5.75 Å². The molecule has 7 nitrogen and oxygen atoms in total. The third kappa shape index (κ3) is 10.5. The third-order valence-electron chi connectivity index (χ3n) is 9.79. The normalized spacial score (nSPS) is 20.8. The number of aliphatic hydroxyl groups is 1. The summed E-state index contributed by atoms with van der Waals surface area (Å²) < 4.78 is 32.8. The predicted octanol–water partition coefficient (Wildman–Crippen LogP) is 9.30. The quantitative estimate of drug-likeness (QED) is 0.0928. The fourth-order valence-corrected chi connectivity index (χ4v) is 8.55. The second-order valence-electron chi connectivity index (χ2n) is 13.9. The first kappa shape index (κ1) is 39.4. The number of rotatable bonds is 18. The summed E-state index contributed by atoms with van der Waals surface area (Å²) in [5.41, 5.74) is 6.80. The third-order valence-corrected chi connectivity index (χ3v) is 11.3. The lowest BCUT2D eigenvalue weighted by Crippen LogP contribution is -2.61. The Morgan fingerprint density at radius 1 is 0.571 bits per heavy atom. The van der Waals surface area contributed by atoms with Crippen molar-refractivity contribution in [1.29, 1.82) is 0 Å². The topological polar surface area (TPSA) is 79.3 Å². The highest BCUT2D eigenvalue weighted by Gasteiger charge is 2.57. The molecule has 1 unspecified atom stereocenters. The van der Waals surface area contributed by atoms with E-state index < -0.39 is 23.2 Å². The van der Waals surface area contributed by atoms with Crippen LogP contribution < -0.4 is 4.74 Å². The molecule has 1 aromatic heterocycles. The van der Waals surface area contributed by atoms with Crippen LogP contribution >= 0.6 is 11.8 Å². The van der Waals surface area contributed by atoms with Gasteiger partial charge in [-0.15, -0.1) is 11.8 Å². The smallest absolute Gasteiger partial charge is 0.166 e. The number of nitrogens with zero attached hydrogens (tertiary/aromatic N) is 1. The molecule has 6 aromatic rings. The highest BCUT2D eigenvalue weighted by molar-refractivity contribution is 8.00. The zero-order valence-corrected chi connectivity index (χ0v) is 32.5. The maximum Gasteiger partial charge on any atom is 0.166 e. The molecule has 7 rings (SSSR count). The molecule has 1 saturated heterocycles. The van der Waals surface area contributed by atoms with Gasteiger partial charge in [-0.25, -0.2) is 0 Å². The van der Waals surface area contributed by atoms with Crippen molar-refractivity contribution in [3.63, 3.8) is 0 Å². The number of benzene rings is 5. The summed E-state index contributed by atoms with van der Waals surface area (Å²) in [6.07, 6.45) is 2.16. The number of hydrogen-bond acceptors (Lipinski definition) is 8. The summed E-state index contributed by atoms with van der Waals surface area (Å²) in [5, 5.41) is 13.0. The van der Waals surface area contributed by atoms with E-state index >= 15 is 0 Å². The Morgan fingerprint density at radius 2 is 1.09 bits per heavy atom. The van der Waals surface area contributed by atoms with Gasteiger partial charge >= 0.3 is 0 Å². The summed E-state index contributed by atoms with van der Waals surface area (Å²) in [6, 6.07) is 50.5. The molecule has 0 amide bonds. The van der Waals surface area contributed by atoms with Gasteiger partial charge < -0.3 is 28.8 Å².